The molecule has 0 spiro atoms. The summed E-state index contributed by atoms with van der Waals surface area (Å²) in [6, 6.07) is 7.93. The monoisotopic (exact) mass is 161 g/mol. The second kappa shape index (κ2) is 3.72. The van der Waals surface area contributed by atoms with Gasteiger partial charge in [-0.25, -0.2) is 0 Å². The zero-order valence-electron chi connectivity index (χ0n) is 6.83. The van der Waals surface area contributed by atoms with Crippen molar-refractivity contribution in [3.05, 3.63) is 36.4 Å². The first-order valence-electron chi connectivity index (χ1n) is 3.54. The summed E-state index contributed by atoms with van der Waals surface area (Å²) in [4.78, 5) is 10.6. The molecule has 1 rings (SSSR count). The summed E-state index contributed by atoms with van der Waals surface area (Å²) in [5, 5.41) is 0. The number of carbonyl (C=O) groups excluding carboxylic acids is 1. The zero-order valence-corrected chi connectivity index (χ0v) is 6.83. The maximum Gasteiger partial charge on any atom is 0.308 e. The number of ether oxygens (including phenoxy) is 1. The van der Waals surface area contributed by atoms with Crippen LogP contribution in [0.25, 0.3) is 6.08 Å². The molecule has 0 aliphatic rings. The second-order valence-corrected chi connectivity index (χ2v) is 2.30. The van der Waals surface area contributed by atoms with Gasteiger partial charge in [-0.3, -0.25) is 4.79 Å². The van der Waals surface area contributed by atoms with Gasteiger partial charge >= 0.3 is 5.97 Å². The van der Waals surface area contributed by atoms with Gasteiger partial charge in [-0.05, 0) is 29.8 Å². The maximum atomic E-state index is 10.6. The molecule has 0 heterocycles. The molecule has 0 atom stereocenters. The molecule has 1 aromatic rings. The average molecular weight is 161 g/mol. The van der Waals surface area contributed by atoms with E-state index in [2.05, 4.69) is 12.6 Å². The molecule has 0 saturated heterocycles. The minimum absolute atomic E-state index is 0.329. The molecule has 0 unspecified atom stereocenters. The molecule has 2 heteroatoms. The van der Waals surface area contributed by atoms with Crippen molar-refractivity contribution in [1.29, 1.82) is 0 Å². The van der Waals surface area contributed by atoms with E-state index in [9.17, 15) is 4.79 Å². The third-order valence-corrected chi connectivity index (χ3v) is 1.28. The Morgan fingerprint density at radius 1 is 1.67 bits per heavy atom. The van der Waals surface area contributed by atoms with Crippen molar-refractivity contribution in [2.24, 2.45) is 0 Å². The lowest BCUT2D eigenvalue weighted by molar-refractivity contribution is -0.131. The molecule has 1 aromatic carbocycles. The number of hydrogen-bond acceptors (Lipinski definition) is 2. The fourth-order valence-electron chi connectivity index (χ4n) is 0.810. The van der Waals surface area contributed by atoms with Crippen LogP contribution in [0.1, 0.15) is 12.5 Å². The lowest BCUT2D eigenvalue weighted by Crippen LogP contribution is -2.00. The Balaban J connectivity index is 2.86. The molecule has 61 valence electrons. The highest BCUT2D eigenvalue weighted by molar-refractivity contribution is 5.69. The van der Waals surface area contributed by atoms with Gasteiger partial charge in [-0.1, -0.05) is 12.7 Å². The molecular weight excluding hydrogens is 152 g/mol. The van der Waals surface area contributed by atoms with E-state index in [-0.39, 0.29) is 5.97 Å². The highest BCUT2D eigenvalue weighted by atomic mass is 16.5. The lowest BCUT2D eigenvalue weighted by atomic mass is 10.2. The molecule has 0 bridgehead atoms. The molecule has 12 heavy (non-hydrogen) atoms. The van der Waals surface area contributed by atoms with Gasteiger partial charge in [0.2, 0.25) is 0 Å². The summed E-state index contributed by atoms with van der Waals surface area (Å²) in [5.41, 5.74) is 0.883. The molecule has 0 aromatic heterocycles. The minimum atomic E-state index is -0.329. The van der Waals surface area contributed by atoms with Crippen molar-refractivity contribution in [3.63, 3.8) is 0 Å². The molecule has 2 nitrogen and oxygen atoms in total. The van der Waals surface area contributed by atoms with Crippen molar-refractivity contribution >= 4 is 12.0 Å². The van der Waals surface area contributed by atoms with Gasteiger partial charge in [0, 0.05) is 6.92 Å². The number of esters is 1. The molecule has 0 fully saturated rings. The van der Waals surface area contributed by atoms with Crippen LogP contribution in [0.15, 0.2) is 24.8 Å². The summed E-state index contributed by atoms with van der Waals surface area (Å²) < 4.78 is 4.84. The first-order chi connectivity index (χ1) is 5.72. The van der Waals surface area contributed by atoms with Crippen LogP contribution >= 0.6 is 0 Å². The minimum Gasteiger partial charge on any atom is -0.427 e. The quantitative estimate of drug-likeness (QED) is 0.490. The van der Waals surface area contributed by atoms with Gasteiger partial charge in [-0.15, -0.1) is 0 Å². The molecule has 0 aliphatic heterocycles. The van der Waals surface area contributed by atoms with Crippen molar-refractivity contribution in [1.82, 2.24) is 0 Å². The molecule has 0 saturated carbocycles. The summed E-state index contributed by atoms with van der Waals surface area (Å²) in [6.07, 6.45) is 1.67. The SMILES string of the molecule is C=Cc1c[c]cc(OC(C)=O)c1. The fourth-order valence-corrected chi connectivity index (χ4v) is 0.810. The zero-order chi connectivity index (χ0) is 8.97. The van der Waals surface area contributed by atoms with E-state index in [1.807, 2.05) is 0 Å². The molecule has 1 radical (unpaired) electrons. The van der Waals surface area contributed by atoms with Gasteiger partial charge in [-0.2, -0.15) is 0 Å². The number of hydrogen-bond donors (Lipinski definition) is 0. The number of carbonyl (C=O) groups is 1. The lowest BCUT2D eigenvalue weighted by Gasteiger charge is -2.00. The van der Waals surface area contributed by atoms with Crippen LogP contribution in [0.5, 0.6) is 5.75 Å². The highest BCUT2D eigenvalue weighted by Gasteiger charge is 1.96. The topological polar surface area (TPSA) is 26.3 Å². The van der Waals surface area contributed by atoms with Crippen LogP contribution in [0.3, 0.4) is 0 Å². The normalized spacial score (nSPS) is 9.08. The number of rotatable bonds is 2. The van der Waals surface area contributed by atoms with Gasteiger partial charge in [0.1, 0.15) is 5.75 Å². The van der Waals surface area contributed by atoms with E-state index in [0.29, 0.717) is 5.75 Å². The molecule has 0 amide bonds. The smallest absolute Gasteiger partial charge is 0.308 e. The van der Waals surface area contributed by atoms with E-state index < -0.39 is 0 Å². The third-order valence-electron chi connectivity index (χ3n) is 1.28. The Morgan fingerprint density at radius 2 is 2.42 bits per heavy atom. The van der Waals surface area contributed by atoms with Crippen LogP contribution in [-0.4, -0.2) is 5.97 Å². The molecule has 0 aliphatic carbocycles. The largest absolute Gasteiger partial charge is 0.427 e. The van der Waals surface area contributed by atoms with Gasteiger partial charge in [0.05, 0.1) is 0 Å². The Bertz CT molecular complexity index is 302. The van der Waals surface area contributed by atoms with Crippen molar-refractivity contribution in [2.45, 2.75) is 6.92 Å². The third kappa shape index (κ3) is 2.23. The Morgan fingerprint density at radius 3 is 3.00 bits per heavy atom. The van der Waals surface area contributed by atoms with E-state index in [0.717, 1.165) is 5.56 Å². The van der Waals surface area contributed by atoms with Crippen LogP contribution in [-0.2, 0) is 4.79 Å². The van der Waals surface area contributed by atoms with E-state index >= 15 is 0 Å². The van der Waals surface area contributed by atoms with Crippen LogP contribution in [0.4, 0.5) is 0 Å². The van der Waals surface area contributed by atoms with Crippen molar-refractivity contribution in [2.75, 3.05) is 0 Å². The second-order valence-electron chi connectivity index (χ2n) is 2.30. The van der Waals surface area contributed by atoms with Crippen LogP contribution in [0, 0.1) is 6.07 Å². The molecular formula is C10H9O2. The summed E-state index contributed by atoms with van der Waals surface area (Å²) in [6.45, 7) is 4.95. The van der Waals surface area contributed by atoms with E-state index in [4.69, 9.17) is 4.74 Å². The van der Waals surface area contributed by atoms with Crippen molar-refractivity contribution < 1.29 is 9.53 Å². The Labute approximate surface area is 71.5 Å². The van der Waals surface area contributed by atoms with Gasteiger partial charge < -0.3 is 4.74 Å². The van der Waals surface area contributed by atoms with Gasteiger partial charge in [0.25, 0.3) is 0 Å². The van der Waals surface area contributed by atoms with Gasteiger partial charge in [0.15, 0.2) is 0 Å². The first-order valence-corrected chi connectivity index (χ1v) is 3.54. The molecule has 0 N–H and O–H groups in total. The summed E-state index contributed by atoms with van der Waals surface area (Å²) in [7, 11) is 0. The van der Waals surface area contributed by atoms with E-state index in [1.54, 1.807) is 24.3 Å². The summed E-state index contributed by atoms with van der Waals surface area (Å²) >= 11 is 0. The van der Waals surface area contributed by atoms with Crippen LogP contribution < -0.4 is 4.74 Å². The van der Waals surface area contributed by atoms with Crippen LogP contribution in [0.2, 0.25) is 0 Å². The van der Waals surface area contributed by atoms with Crippen molar-refractivity contribution in [3.8, 4) is 5.75 Å². The maximum absolute atomic E-state index is 10.6. The summed E-state index contributed by atoms with van der Waals surface area (Å²) in [5.74, 6) is 0.171. The highest BCUT2D eigenvalue weighted by Crippen LogP contribution is 2.13. The average Bonchev–Trinajstić information content (AvgIpc) is 2.03. The van der Waals surface area contributed by atoms with E-state index in [1.165, 1.54) is 6.92 Å². The Kier molecular flexibility index (Phi) is 2.64. The fraction of sp³-hybridized carbons (Fsp3) is 0.100. The Hall–Kier alpha value is -1.57. The predicted octanol–water partition coefficient (Wildman–Crippen LogP) is 2.06. The standard InChI is InChI=1S/C10H9O2/c1-3-9-5-4-6-10(7-9)12-8(2)11/h3,5-7H,1H2,2H3. The first kappa shape index (κ1) is 8.53. The predicted molar refractivity (Wildman–Crippen MR) is 46.7 cm³/mol. The number of benzene rings is 1.